The minimum absolute atomic E-state index is 0.00223. The van der Waals surface area contributed by atoms with Gasteiger partial charge in [-0.3, -0.25) is 0 Å². The second kappa shape index (κ2) is 2.96. The Morgan fingerprint density at radius 3 is 2.45 bits per heavy atom. The third-order valence-corrected chi connectivity index (χ3v) is 1.27. The first-order valence-electron chi connectivity index (χ1n) is 3.07. The van der Waals surface area contributed by atoms with Crippen LogP contribution in [0.4, 0.5) is 0 Å². The van der Waals surface area contributed by atoms with E-state index in [2.05, 4.69) is 0 Å². The SMILES string of the molecule is OC=Cc1ccc(O)cc1O. The summed E-state index contributed by atoms with van der Waals surface area (Å²) < 4.78 is 0. The summed E-state index contributed by atoms with van der Waals surface area (Å²) in [6, 6.07) is 4.13. The molecule has 0 unspecified atom stereocenters. The first kappa shape index (κ1) is 7.47. The molecule has 0 aromatic heterocycles. The molecule has 0 aliphatic carbocycles. The zero-order valence-corrected chi connectivity index (χ0v) is 5.73. The maximum atomic E-state index is 9.10. The lowest BCUT2D eigenvalue weighted by Gasteiger charge is -1.97. The number of hydrogen-bond donors (Lipinski definition) is 3. The maximum Gasteiger partial charge on any atom is 0.126 e. The molecule has 58 valence electrons. The fourth-order valence-corrected chi connectivity index (χ4v) is 0.753. The van der Waals surface area contributed by atoms with Gasteiger partial charge in [-0.1, -0.05) is 0 Å². The lowest BCUT2D eigenvalue weighted by Crippen LogP contribution is -1.73. The highest BCUT2D eigenvalue weighted by Crippen LogP contribution is 2.23. The first-order valence-corrected chi connectivity index (χ1v) is 3.07. The molecule has 3 nitrogen and oxygen atoms in total. The molecule has 1 aromatic carbocycles. The summed E-state index contributed by atoms with van der Waals surface area (Å²) in [6.07, 6.45) is 2.15. The van der Waals surface area contributed by atoms with Gasteiger partial charge in [0.15, 0.2) is 0 Å². The molecule has 3 heteroatoms. The van der Waals surface area contributed by atoms with Gasteiger partial charge in [0.2, 0.25) is 0 Å². The third kappa shape index (κ3) is 1.64. The van der Waals surface area contributed by atoms with Crippen molar-refractivity contribution in [2.24, 2.45) is 0 Å². The van der Waals surface area contributed by atoms with E-state index in [1.165, 1.54) is 24.3 Å². The lowest BCUT2D eigenvalue weighted by atomic mass is 10.2. The topological polar surface area (TPSA) is 60.7 Å². The van der Waals surface area contributed by atoms with Gasteiger partial charge < -0.3 is 15.3 Å². The average Bonchev–Trinajstić information content (AvgIpc) is 1.95. The molecule has 0 heterocycles. The number of phenolic OH excluding ortho intramolecular Hbond substituents is 2. The van der Waals surface area contributed by atoms with E-state index >= 15 is 0 Å². The number of aliphatic hydroxyl groups is 1. The van der Waals surface area contributed by atoms with Crippen LogP contribution in [-0.2, 0) is 0 Å². The van der Waals surface area contributed by atoms with E-state index in [0.29, 0.717) is 5.56 Å². The molecular weight excluding hydrogens is 144 g/mol. The van der Waals surface area contributed by atoms with Crippen molar-refractivity contribution in [2.75, 3.05) is 0 Å². The van der Waals surface area contributed by atoms with Crippen molar-refractivity contribution < 1.29 is 15.3 Å². The fourth-order valence-electron chi connectivity index (χ4n) is 0.753. The van der Waals surface area contributed by atoms with E-state index in [1.54, 1.807) is 0 Å². The van der Waals surface area contributed by atoms with Crippen LogP contribution in [0.5, 0.6) is 11.5 Å². The number of rotatable bonds is 1. The Morgan fingerprint density at radius 2 is 1.91 bits per heavy atom. The molecule has 0 fully saturated rings. The van der Waals surface area contributed by atoms with Gasteiger partial charge in [-0.05, 0) is 18.2 Å². The van der Waals surface area contributed by atoms with Crippen molar-refractivity contribution in [3.05, 3.63) is 30.0 Å². The van der Waals surface area contributed by atoms with Gasteiger partial charge in [-0.2, -0.15) is 0 Å². The van der Waals surface area contributed by atoms with Gasteiger partial charge in [0.05, 0.1) is 6.26 Å². The molecule has 0 bridgehead atoms. The highest BCUT2D eigenvalue weighted by Gasteiger charge is 1.96. The molecule has 0 aliphatic rings. The van der Waals surface area contributed by atoms with Crippen LogP contribution in [0.15, 0.2) is 24.5 Å². The van der Waals surface area contributed by atoms with Gasteiger partial charge in [0.25, 0.3) is 0 Å². The Labute approximate surface area is 63.9 Å². The molecule has 0 saturated carbocycles. The number of aliphatic hydroxyl groups excluding tert-OH is 1. The Morgan fingerprint density at radius 1 is 1.18 bits per heavy atom. The standard InChI is InChI=1S/C8H8O3/c9-4-3-6-1-2-7(10)5-8(6)11/h1-5,9-11H. The monoisotopic (exact) mass is 152 g/mol. The van der Waals surface area contributed by atoms with Crippen molar-refractivity contribution in [3.8, 4) is 11.5 Å². The van der Waals surface area contributed by atoms with Crippen LogP contribution in [0.3, 0.4) is 0 Å². The van der Waals surface area contributed by atoms with Gasteiger partial charge >= 0.3 is 0 Å². The van der Waals surface area contributed by atoms with Crippen LogP contribution in [0, 0.1) is 0 Å². The molecular formula is C8H8O3. The quantitative estimate of drug-likeness (QED) is 0.536. The van der Waals surface area contributed by atoms with Gasteiger partial charge in [0.1, 0.15) is 11.5 Å². The minimum atomic E-state index is -0.0599. The molecule has 1 aromatic rings. The van der Waals surface area contributed by atoms with Crippen molar-refractivity contribution >= 4 is 6.08 Å². The molecule has 1 rings (SSSR count). The number of benzene rings is 1. The Balaban J connectivity index is 3.09. The van der Waals surface area contributed by atoms with E-state index in [9.17, 15) is 0 Å². The van der Waals surface area contributed by atoms with Gasteiger partial charge in [0, 0.05) is 11.6 Å². The summed E-state index contributed by atoms with van der Waals surface area (Å²) in [7, 11) is 0. The highest BCUT2D eigenvalue weighted by molar-refractivity contribution is 5.57. The predicted octanol–water partition coefficient (Wildman–Crippen LogP) is 1.63. The van der Waals surface area contributed by atoms with Crippen LogP contribution < -0.4 is 0 Å². The Hall–Kier alpha value is -1.64. The van der Waals surface area contributed by atoms with E-state index in [-0.39, 0.29) is 11.5 Å². The fraction of sp³-hybridized carbons (Fsp3) is 0. The second-order valence-electron chi connectivity index (χ2n) is 2.06. The minimum Gasteiger partial charge on any atom is -0.516 e. The molecule has 0 saturated heterocycles. The van der Waals surface area contributed by atoms with E-state index in [0.717, 1.165) is 6.26 Å². The van der Waals surface area contributed by atoms with Crippen LogP contribution in [0.1, 0.15) is 5.56 Å². The maximum absolute atomic E-state index is 9.10. The average molecular weight is 152 g/mol. The summed E-state index contributed by atoms with van der Waals surface area (Å²) in [5, 5.41) is 26.3. The molecule has 0 radical (unpaired) electrons. The first-order chi connectivity index (χ1) is 5.24. The zero-order valence-electron chi connectivity index (χ0n) is 5.73. The van der Waals surface area contributed by atoms with Crippen LogP contribution >= 0.6 is 0 Å². The molecule has 11 heavy (non-hydrogen) atoms. The van der Waals surface area contributed by atoms with Gasteiger partial charge in [-0.15, -0.1) is 0 Å². The number of phenols is 2. The molecule has 3 N–H and O–H groups in total. The number of hydrogen-bond acceptors (Lipinski definition) is 3. The van der Waals surface area contributed by atoms with Crippen LogP contribution in [-0.4, -0.2) is 15.3 Å². The molecule has 0 amide bonds. The summed E-state index contributed by atoms with van der Waals surface area (Å²) in [5.41, 5.74) is 0.463. The zero-order chi connectivity index (χ0) is 8.27. The van der Waals surface area contributed by atoms with Crippen molar-refractivity contribution in [1.82, 2.24) is 0 Å². The third-order valence-electron chi connectivity index (χ3n) is 1.27. The summed E-state index contributed by atoms with van der Waals surface area (Å²) in [6.45, 7) is 0. The van der Waals surface area contributed by atoms with E-state index in [1.807, 2.05) is 0 Å². The molecule has 0 spiro atoms. The Bertz CT molecular complexity index is 279. The number of aromatic hydroxyl groups is 2. The van der Waals surface area contributed by atoms with Crippen LogP contribution in [0.2, 0.25) is 0 Å². The summed E-state index contributed by atoms with van der Waals surface area (Å²) >= 11 is 0. The molecule has 0 atom stereocenters. The summed E-state index contributed by atoms with van der Waals surface area (Å²) in [4.78, 5) is 0. The van der Waals surface area contributed by atoms with E-state index in [4.69, 9.17) is 15.3 Å². The Kier molecular flexibility index (Phi) is 2.01. The normalized spacial score (nSPS) is 10.5. The van der Waals surface area contributed by atoms with Crippen LogP contribution in [0.25, 0.3) is 6.08 Å². The van der Waals surface area contributed by atoms with Crippen molar-refractivity contribution in [3.63, 3.8) is 0 Å². The smallest absolute Gasteiger partial charge is 0.126 e. The van der Waals surface area contributed by atoms with E-state index < -0.39 is 0 Å². The molecule has 0 aliphatic heterocycles. The second-order valence-corrected chi connectivity index (χ2v) is 2.06. The largest absolute Gasteiger partial charge is 0.516 e. The predicted molar refractivity (Wildman–Crippen MR) is 41.4 cm³/mol. The van der Waals surface area contributed by atoms with Crippen molar-refractivity contribution in [2.45, 2.75) is 0 Å². The van der Waals surface area contributed by atoms with Crippen molar-refractivity contribution in [1.29, 1.82) is 0 Å². The summed E-state index contributed by atoms with van der Waals surface area (Å²) in [5.74, 6) is -0.0621. The highest BCUT2D eigenvalue weighted by atomic mass is 16.3. The lowest BCUT2D eigenvalue weighted by molar-refractivity contribution is 0.448. The van der Waals surface area contributed by atoms with Gasteiger partial charge in [-0.25, -0.2) is 0 Å².